The van der Waals surface area contributed by atoms with Crippen LogP contribution in [0.2, 0.25) is 0 Å². The van der Waals surface area contributed by atoms with E-state index in [2.05, 4.69) is 16.0 Å². The molecule has 0 saturated heterocycles. The number of nitrogens with two attached hydrogens (primary N) is 1. The number of rotatable bonds is 13. The fourth-order valence-corrected chi connectivity index (χ4v) is 3.55. The van der Waals surface area contributed by atoms with Gasteiger partial charge in [-0.1, -0.05) is 62.7 Å². The predicted octanol–water partition coefficient (Wildman–Crippen LogP) is 0.721. The van der Waals surface area contributed by atoms with Gasteiger partial charge < -0.3 is 31.9 Å². The molecule has 4 atom stereocenters. The molecule has 0 fully saturated rings. The van der Waals surface area contributed by atoms with Crippen LogP contribution in [0.25, 0.3) is 0 Å². The molecule has 2 aromatic carbocycles. The molecular weight excluding hydrogens is 464 g/mol. The van der Waals surface area contributed by atoms with E-state index in [0.29, 0.717) is 6.42 Å². The highest BCUT2D eigenvalue weighted by molar-refractivity contribution is 5.94. The molecule has 0 aliphatic carbocycles. The van der Waals surface area contributed by atoms with Crippen molar-refractivity contribution in [2.75, 3.05) is 6.54 Å². The number of hydrogen-bond donors (Lipinski definition) is 6. The number of amides is 3. The fraction of sp³-hybridized carbons (Fsp3) is 0.385. The van der Waals surface area contributed by atoms with Crippen LogP contribution in [0.4, 0.5) is 0 Å². The van der Waals surface area contributed by atoms with Crippen molar-refractivity contribution in [1.82, 2.24) is 16.0 Å². The van der Waals surface area contributed by atoms with Crippen LogP contribution in [0.15, 0.2) is 54.6 Å². The molecule has 0 radical (unpaired) electrons. The molecule has 0 spiro atoms. The maximum absolute atomic E-state index is 13.2. The van der Waals surface area contributed by atoms with Crippen molar-refractivity contribution in [3.05, 3.63) is 65.7 Å². The fourth-order valence-electron chi connectivity index (χ4n) is 3.55. The lowest BCUT2D eigenvalue weighted by Gasteiger charge is -2.27. The van der Waals surface area contributed by atoms with Crippen LogP contribution in [0.3, 0.4) is 0 Å². The van der Waals surface area contributed by atoms with Gasteiger partial charge in [0.25, 0.3) is 0 Å². The van der Waals surface area contributed by atoms with Crippen molar-refractivity contribution in [3.8, 4) is 5.75 Å². The average Bonchev–Trinajstić information content (AvgIpc) is 2.86. The molecule has 36 heavy (non-hydrogen) atoms. The van der Waals surface area contributed by atoms with Gasteiger partial charge in [-0.3, -0.25) is 19.2 Å². The van der Waals surface area contributed by atoms with Gasteiger partial charge in [-0.05, 0) is 35.6 Å². The van der Waals surface area contributed by atoms with E-state index in [-0.39, 0.29) is 24.5 Å². The quantitative estimate of drug-likeness (QED) is 0.236. The lowest BCUT2D eigenvalue weighted by Crippen LogP contribution is -2.58. The van der Waals surface area contributed by atoms with Crippen molar-refractivity contribution in [1.29, 1.82) is 0 Å². The summed E-state index contributed by atoms with van der Waals surface area (Å²) < 4.78 is 0. The molecule has 0 saturated carbocycles. The first-order valence-electron chi connectivity index (χ1n) is 11.8. The van der Waals surface area contributed by atoms with E-state index < -0.39 is 48.4 Å². The molecule has 194 valence electrons. The summed E-state index contributed by atoms with van der Waals surface area (Å²) in [4.78, 5) is 49.7. The predicted molar refractivity (Wildman–Crippen MR) is 134 cm³/mol. The van der Waals surface area contributed by atoms with Crippen molar-refractivity contribution >= 4 is 23.7 Å². The van der Waals surface area contributed by atoms with Gasteiger partial charge in [0.2, 0.25) is 17.7 Å². The number of aromatic hydroxyl groups is 1. The Morgan fingerprint density at radius 2 is 1.47 bits per heavy atom. The SMILES string of the molecule is CCC(C)C(NC(=O)C(N)Cc1ccc(O)cc1)C(=O)NC(Cc1ccccc1)C(=O)NCC(=O)O. The Morgan fingerprint density at radius 1 is 0.861 bits per heavy atom. The first kappa shape index (κ1) is 28.3. The largest absolute Gasteiger partial charge is 0.508 e. The zero-order chi connectivity index (χ0) is 26.7. The number of carbonyl (C=O) groups excluding carboxylic acids is 3. The van der Waals surface area contributed by atoms with Crippen molar-refractivity contribution in [3.63, 3.8) is 0 Å². The minimum Gasteiger partial charge on any atom is -0.508 e. The standard InChI is InChI=1S/C26H34N4O6/c1-3-16(2)23(30-24(34)20(27)13-18-9-11-19(31)12-10-18)26(36)29-21(25(35)28-15-22(32)33)14-17-7-5-4-6-8-17/h4-12,16,20-21,23,31H,3,13-15,27H2,1-2H3,(H,28,35)(H,29,36)(H,30,34)(H,32,33). The zero-order valence-corrected chi connectivity index (χ0v) is 20.4. The molecule has 0 bridgehead atoms. The third kappa shape index (κ3) is 9.03. The molecule has 0 heterocycles. The average molecular weight is 499 g/mol. The number of carboxylic acid groups (broad SMARTS) is 1. The molecule has 0 aliphatic rings. The van der Waals surface area contributed by atoms with Gasteiger partial charge in [0.05, 0.1) is 6.04 Å². The van der Waals surface area contributed by atoms with Crippen LogP contribution in [-0.2, 0) is 32.0 Å². The number of phenolic OH excluding ortho intramolecular Hbond substituents is 1. The van der Waals surface area contributed by atoms with E-state index in [1.165, 1.54) is 12.1 Å². The number of carbonyl (C=O) groups is 4. The van der Waals surface area contributed by atoms with Gasteiger partial charge in [0.15, 0.2) is 0 Å². The van der Waals surface area contributed by atoms with E-state index in [1.54, 1.807) is 43.3 Å². The van der Waals surface area contributed by atoms with Crippen molar-refractivity contribution in [2.24, 2.45) is 11.7 Å². The summed E-state index contributed by atoms with van der Waals surface area (Å²) in [5, 5.41) is 26.0. The van der Waals surface area contributed by atoms with Crippen LogP contribution in [0.1, 0.15) is 31.4 Å². The number of phenols is 1. The van der Waals surface area contributed by atoms with Crippen LogP contribution < -0.4 is 21.7 Å². The third-order valence-electron chi connectivity index (χ3n) is 5.85. The summed E-state index contributed by atoms with van der Waals surface area (Å²) in [6.45, 7) is 3.08. The Balaban J connectivity index is 2.13. The zero-order valence-electron chi connectivity index (χ0n) is 20.4. The topological polar surface area (TPSA) is 171 Å². The molecule has 0 aliphatic heterocycles. The Hall–Kier alpha value is -3.92. The Labute approximate surface area is 210 Å². The van der Waals surface area contributed by atoms with Gasteiger partial charge in [-0.25, -0.2) is 0 Å². The summed E-state index contributed by atoms with van der Waals surface area (Å²) in [5.41, 5.74) is 7.59. The summed E-state index contributed by atoms with van der Waals surface area (Å²) in [7, 11) is 0. The number of carboxylic acids is 1. The molecule has 10 nitrogen and oxygen atoms in total. The lowest BCUT2D eigenvalue weighted by atomic mass is 9.96. The maximum Gasteiger partial charge on any atom is 0.322 e. The Kier molecular flexibility index (Phi) is 10.9. The molecule has 7 N–H and O–H groups in total. The molecule has 2 aromatic rings. The van der Waals surface area contributed by atoms with E-state index in [9.17, 15) is 24.3 Å². The molecule has 2 rings (SSSR count). The molecule has 0 aromatic heterocycles. The summed E-state index contributed by atoms with van der Waals surface area (Å²) in [6.07, 6.45) is 0.912. The van der Waals surface area contributed by atoms with E-state index in [1.807, 2.05) is 13.0 Å². The van der Waals surface area contributed by atoms with E-state index in [4.69, 9.17) is 10.8 Å². The highest BCUT2D eigenvalue weighted by Gasteiger charge is 2.31. The van der Waals surface area contributed by atoms with Crippen LogP contribution in [0, 0.1) is 5.92 Å². The molecule has 4 unspecified atom stereocenters. The van der Waals surface area contributed by atoms with Crippen molar-refractivity contribution < 1.29 is 29.4 Å². The summed E-state index contributed by atoms with van der Waals surface area (Å²) in [6, 6.07) is 12.4. The second-order valence-corrected chi connectivity index (χ2v) is 8.71. The molecule has 3 amide bonds. The summed E-state index contributed by atoms with van der Waals surface area (Å²) >= 11 is 0. The Bertz CT molecular complexity index is 1030. The number of benzene rings is 2. The van der Waals surface area contributed by atoms with Gasteiger partial charge in [0, 0.05) is 6.42 Å². The minimum atomic E-state index is -1.21. The smallest absolute Gasteiger partial charge is 0.322 e. The second-order valence-electron chi connectivity index (χ2n) is 8.71. The number of aliphatic carboxylic acids is 1. The van der Waals surface area contributed by atoms with Crippen LogP contribution in [-0.4, -0.2) is 58.6 Å². The van der Waals surface area contributed by atoms with Crippen molar-refractivity contribution in [2.45, 2.75) is 51.2 Å². The molecule has 10 heteroatoms. The maximum atomic E-state index is 13.2. The van der Waals surface area contributed by atoms with Gasteiger partial charge in [-0.15, -0.1) is 0 Å². The summed E-state index contributed by atoms with van der Waals surface area (Å²) in [5.74, 6) is -3.12. The molecular formula is C26H34N4O6. The van der Waals surface area contributed by atoms with E-state index >= 15 is 0 Å². The first-order valence-corrected chi connectivity index (χ1v) is 11.8. The Morgan fingerprint density at radius 3 is 2.06 bits per heavy atom. The lowest BCUT2D eigenvalue weighted by molar-refractivity contribution is -0.138. The highest BCUT2D eigenvalue weighted by atomic mass is 16.4. The number of hydrogen-bond acceptors (Lipinski definition) is 6. The van der Waals surface area contributed by atoms with Gasteiger partial charge in [0.1, 0.15) is 24.4 Å². The highest BCUT2D eigenvalue weighted by Crippen LogP contribution is 2.13. The van der Waals surface area contributed by atoms with Crippen LogP contribution in [0.5, 0.6) is 5.75 Å². The second kappa shape index (κ2) is 13.8. The van der Waals surface area contributed by atoms with E-state index in [0.717, 1.165) is 11.1 Å². The first-order chi connectivity index (χ1) is 17.1. The third-order valence-corrected chi connectivity index (χ3v) is 5.85. The minimum absolute atomic E-state index is 0.0997. The monoisotopic (exact) mass is 498 g/mol. The van der Waals surface area contributed by atoms with Crippen LogP contribution >= 0.6 is 0 Å². The normalized spacial score (nSPS) is 14.1. The van der Waals surface area contributed by atoms with Gasteiger partial charge >= 0.3 is 5.97 Å². The van der Waals surface area contributed by atoms with Gasteiger partial charge in [-0.2, -0.15) is 0 Å². The number of nitrogens with one attached hydrogen (secondary N) is 3.